The van der Waals surface area contributed by atoms with Gasteiger partial charge >= 0.3 is 15.2 Å². The van der Waals surface area contributed by atoms with Crippen molar-refractivity contribution < 1.29 is 21.6 Å². The molecule has 0 fully saturated rings. The van der Waals surface area contributed by atoms with E-state index in [4.69, 9.17) is 10.7 Å². The van der Waals surface area contributed by atoms with Crippen molar-refractivity contribution in [3.8, 4) is 11.2 Å². The molecule has 0 N–H and O–H groups in total. The molecule has 0 saturated carbocycles. The van der Waals surface area contributed by atoms with Gasteiger partial charge in [0.2, 0.25) is 0 Å². The van der Waals surface area contributed by atoms with Gasteiger partial charge in [-0.05, 0) is 11.6 Å². The molecule has 0 aliphatic heterocycles. The molecule has 0 aliphatic carbocycles. The molecule has 0 aliphatic rings. The molecule has 0 saturated heterocycles. The molecule has 0 spiro atoms. The molecule has 0 bridgehead atoms. The molecule has 0 aromatic heterocycles. The average molecular weight is 283 g/mol. The fraction of sp³-hybridized carbons (Fsp3) is 0.200. The molecule has 1 aromatic carbocycles. The predicted octanol–water partition coefficient (Wildman–Crippen LogP) is 2.78. The third-order valence-corrected chi connectivity index (χ3v) is 2.42. The maximum atomic E-state index is 12.5. The van der Waals surface area contributed by atoms with E-state index in [0.29, 0.717) is 0 Å². The summed E-state index contributed by atoms with van der Waals surface area (Å²) in [7, 11) is 0.793. The van der Waals surface area contributed by atoms with Crippen molar-refractivity contribution in [3.05, 3.63) is 35.4 Å². The van der Waals surface area contributed by atoms with Gasteiger partial charge in [-0.1, -0.05) is 24.1 Å². The molecule has 2 nitrogen and oxygen atoms in total. The highest BCUT2D eigenvalue weighted by Gasteiger charge is 2.32. The first-order valence-corrected chi connectivity index (χ1v) is 6.60. The van der Waals surface area contributed by atoms with E-state index in [0.717, 1.165) is 6.07 Å². The van der Waals surface area contributed by atoms with Gasteiger partial charge in [-0.25, -0.2) is 0 Å². The summed E-state index contributed by atoms with van der Waals surface area (Å²) in [5.74, 6) is 2.08. The van der Waals surface area contributed by atoms with Crippen molar-refractivity contribution in [2.45, 2.75) is 12.6 Å². The number of benzene rings is 1. The largest absolute Gasteiger partial charge is 0.416 e. The molecule has 92 valence electrons. The van der Waals surface area contributed by atoms with E-state index in [2.05, 4.69) is 5.92 Å². The van der Waals surface area contributed by atoms with E-state index in [1.54, 1.807) is 5.25 Å². The van der Waals surface area contributed by atoms with E-state index >= 15 is 0 Å². The molecule has 0 amide bonds. The predicted molar refractivity (Wildman–Crippen MR) is 57.7 cm³/mol. The Morgan fingerprint density at radius 3 is 2.35 bits per heavy atom. The Labute approximate surface area is 101 Å². The van der Waals surface area contributed by atoms with Crippen LogP contribution < -0.4 is 0 Å². The Morgan fingerprint density at radius 1 is 1.24 bits per heavy atom. The number of rotatable bonds is 1. The maximum Gasteiger partial charge on any atom is 0.416 e. The molecule has 0 radical (unpaired) electrons. The Hall–Kier alpha value is -1.19. The zero-order chi connectivity index (χ0) is 13.1. The smallest absolute Gasteiger partial charge is 0.198 e. The summed E-state index contributed by atoms with van der Waals surface area (Å²) >= 11 is 0. The van der Waals surface area contributed by atoms with Gasteiger partial charge in [0.15, 0.2) is 0 Å². The van der Waals surface area contributed by atoms with Crippen LogP contribution in [0, 0.1) is 11.2 Å². The van der Waals surface area contributed by atoms with Crippen molar-refractivity contribution in [2.75, 3.05) is 0 Å². The van der Waals surface area contributed by atoms with Gasteiger partial charge < -0.3 is 0 Å². The van der Waals surface area contributed by atoms with Crippen molar-refractivity contribution >= 4 is 19.7 Å². The molecular weight excluding hydrogens is 277 g/mol. The van der Waals surface area contributed by atoms with Crippen LogP contribution in [0.25, 0.3) is 0 Å². The monoisotopic (exact) mass is 282 g/mol. The van der Waals surface area contributed by atoms with Crippen molar-refractivity contribution in [2.24, 2.45) is 0 Å². The zero-order valence-electron chi connectivity index (χ0n) is 8.25. The van der Waals surface area contributed by atoms with Crippen LogP contribution in [0.4, 0.5) is 13.2 Å². The minimum absolute atomic E-state index is 0.0900. The van der Waals surface area contributed by atoms with Crippen LogP contribution in [0.1, 0.15) is 11.1 Å². The molecule has 1 aromatic rings. The second-order valence-corrected chi connectivity index (χ2v) is 5.35. The third kappa shape index (κ3) is 4.67. The van der Waals surface area contributed by atoms with Gasteiger partial charge in [0.05, 0.1) is 5.56 Å². The van der Waals surface area contributed by atoms with Crippen molar-refractivity contribution in [1.82, 2.24) is 0 Å². The highest BCUT2D eigenvalue weighted by atomic mass is 35.7. The minimum Gasteiger partial charge on any atom is -0.198 e. The van der Waals surface area contributed by atoms with Gasteiger partial charge in [-0.15, -0.1) is 0 Å². The third-order valence-electron chi connectivity index (χ3n) is 1.80. The first-order chi connectivity index (χ1) is 7.70. The van der Waals surface area contributed by atoms with Crippen LogP contribution in [0.5, 0.6) is 0 Å². The maximum absolute atomic E-state index is 12.5. The Bertz CT molecular complexity index is 567. The SMILES string of the molecule is O=S(=O)(Cl)C#CCc1ccccc1C(F)(F)F. The van der Waals surface area contributed by atoms with E-state index in [1.165, 1.54) is 18.2 Å². The summed E-state index contributed by atoms with van der Waals surface area (Å²) < 4.78 is 58.5. The lowest BCUT2D eigenvalue weighted by molar-refractivity contribution is -0.138. The summed E-state index contributed by atoms with van der Waals surface area (Å²) in [5, 5.41) is 1.67. The fourth-order valence-corrected chi connectivity index (χ4v) is 1.58. The number of halogens is 4. The standard InChI is InChI=1S/C10H6ClF3O2S/c11-17(15,16)7-3-5-8-4-1-2-6-9(8)10(12,13)14/h1-2,4,6H,5H2. The molecule has 1 rings (SSSR count). The van der Waals surface area contributed by atoms with E-state index in [1.807, 2.05) is 0 Å². The molecule has 0 atom stereocenters. The summed E-state index contributed by atoms with van der Waals surface area (Å²) in [6, 6.07) is 4.81. The first kappa shape index (κ1) is 13.9. The zero-order valence-corrected chi connectivity index (χ0v) is 9.83. The molecule has 7 heteroatoms. The van der Waals surface area contributed by atoms with Crippen LogP contribution in [0.2, 0.25) is 0 Å². The molecular formula is C10H6ClF3O2S. The highest BCUT2D eigenvalue weighted by Crippen LogP contribution is 2.31. The molecule has 17 heavy (non-hydrogen) atoms. The van der Waals surface area contributed by atoms with Crippen LogP contribution in [-0.4, -0.2) is 8.42 Å². The summed E-state index contributed by atoms with van der Waals surface area (Å²) in [4.78, 5) is 0. The first-order valence-electron chi connectivity index (χ1n) is 4.29. The number of alkyl halides is 3. The lowest BCUT2D eigenvalue weighted by atomic mass is 10.0. The van der Waals surface area contributed by atoms with Crippen molar-refractivity contribution in [1.29, 1.82) is 0 Å². The van der Waals surface area contributed by atoms with Crippen molar-refractivity contribution in [3.63, 3.8) is 0 Å². The van der Waals surface area contributed by atoms with Gasteiger partial charge in [-0.3, -0.25) is 0 Å². The van der Waals surface area contributed by atoms with E-state index in [-0.39, 0.29) is 12.0 Å². The lowest BCUT2D eigenvalue weighted by Gasteiger charge is -2.10. The van der Waals surface area contributed by atoms with Gasteiger partial charge in [0, 0.05) is 22.4 Å². The van der Waals surface area contributed by atoms with Crippen LogP contribution in [0.15, 0.2) is 24.3 Å². The summed E-state index contributed by atoms with van der Waals surface area (Å²) in [6.07, 6.45) is -4.82. The second-order valence-electron chi connectivity index (χ2n) is 3.05. The van der Waals surface area contributed by atoms with Crippen LogP contribution in [0.3, 0.4) is 0 Å². The Kier molecular flexibility index (Phi) is 4.07. The number of hydrogen-bond acceptors (Lipinski definition) is 2. The lowest BCUT2D eigenvalue weighted by Crippen LogP contribution is -2.08. The number of hydrogen-bond donors (Lipinski definition) is 0. The quantitative estimate of drug-likeness (QED) is 0.586. The van der Waals surface area contributed by atoms with E-state index in [9.17, 15) is 21.6 Å². The summed E-state index contributed by atoms with van der Waals surface area (Å²) in [6.45, 7) is 0. The Balaban J connectivity index is 3.03. The normalized spacial score (nSPS) is 11.8. The average Bonchev–Trinajstić information content (AvgIpc) is 2.15. The topological polar surface area (TPSA) is 34.1 Å². The molecule has 0 unspecified atom stereocenters. The highest BCUT2D eigenvalue weighted by molar-refractivity contribution is 8.17. The molecule has 0 heterocycles. The van der Waals surface area contributed by atoms with Gasteiger partial charge in [-0.2, -0.15) is 21.6 Å². The van der Waals surface area contributed by atoms with Gasteiger partial charge in [0.25, 0.3) is 0 Å². The minimum atomic E-state index is -4.49. The van der Waals surface area contributed by atoms with Crippen LogP contribution >= 0.6 is 10.7 Å². The fourth-order valence-electron chi connectivity index (χ4n) is 1.17. The second kappa shape index (κ2) is 4.98. The van der Waals surface area contributed by atoms with Crippen LogP contribution in [-0.2, 0) is 21.6 Å². The van der Waals surface area contributed by atoms with Gasteiger partial charge in [0.1, 0.15) is 0 Å². The Morgan fingerprint density at radius 2 is 1.82 bits per heavy atom. The van der Waals surface area contributed by atoms with E-state index < -0.39 is 20.8 Å². The summed E-state index contributed by atoms with van der Waals surface area (Å²) in [5.41, 5.74) is -0.922.